The molecule has 76 valence electrons. The third-order valence-corrected chi connectivity index (χ3v) is 1.74. The van der Waals surface area contributed by atoms with Gasteiger partial charge in [0.25, 0.3) is 0 Å². The lowest BCUT2D eigenvalue weighted by molar-refractivity contribution is -0.117. The Hall–Kier alpha value is -1.93. The highest BCUT2D eigenvalue weighted by Crippen LogP contribution is 2.09. The minimum Gasteiger partial charge on any atom is -0.332 e. The summed E-state index contributed by atoms with van der Waals surface area (Å²) >= 11 is 4.87. The Bertz CT molecular complexity index is 437. The van der Waals surface area contributed by atoms with Crippen LogP contribution < -0.4 is 10.6 Å². The molecule has 0 aliphatic rings. The summed E-state index contributed by atoms with van der Waals surface area (Å²) < 4.78 is 0. The van der Waals surface area contributed by atoms with E-state index in [0.717, 1.165) is 0 Å². The molecule has 0 saturated carbocycles. The Morgan fingerprint density at radius 2 is 2.27 bits per heavy atom. The van der Waals surface area contributed by atoms with Gasteiger partial charge in [-0.1, -0.05) is 6.07 Å². The number of rotatable bonds is 1. The first-order valence-electron chi connectivity index (χ1n) is 4.20. The maximum Gasteiger partial charge on any atom is 0.222 e. The van der Waals surface area contributed by atoms with Gasteiger partial charge in [-0.15, -0.1) is 0 Å². The summed E-state index contributed by atoms with van der Waals surface area (Å²) in [5, 5.41) is 14.1. The summed E-state index contributed by atoms with van der Waals surface area (Å²) in [7, 11) is 0. The predicted octanol–water partition coefficient (Wildman–Crippen LogP) is 1.39. The number of hydrogen-bond donors (Lipinski definition) is 2. The maximum atomic E-state index is 10.7. The van der Waals surface area contributed by atoms with Crippen molar-refractivity contribution in [3.63, 3.8) is 0 Å². The second-order valence-corrected chi connectivity index (χ2v) is 3.24. The Balaban J connectivity index is 2.69. The monoisotopic (exact) mass is 219 g/mol. The summed E-state index contributed by atoms with van der Waals surface area (Å²) in [5.74, 6) is -0.232. The average molecular weight is 219 g/mol. The first-order valence-corrected chi connectivity index (χ1v) is 4.61. The van der Waals surface area contributed by atoms with Crippen LogP contribution in [0.3, 0.4) is 0 Å². The van der Waals surface area contributed by atoms with E-state index >= 15 is 0 Å². The molecule has 1 aromatic rings. The van der Waals surface area contributed by atoms with Gasteiger partial charge in [-0.2, -0.15) is 5.26 Å². The molecule has 2 N–H and O–H groups in total. The molecule has 0 bridgehead atoms. The fourth-order valence-corrected chi connectivity index (χ4v) is 1.25. The van der Waals surface area contributed by atoms with E-state index in [1.807, 2.05) is 6.07 Å². The molecule has 0 aromatic heterocycles. The topological polar surface area (TPSA) is 64.9 Å². The van der Waals surface area contributed by atoms with Crippen LogP contribution in [0.1, 0.15) is 12.5 Å². The van der Waals surface area contributed by atoms with E-state index in [-0.39, 0.29) is 11.0 Å². The molecule has 0 heterocycles. The maximum absolute atomic E-state index is 10.7. The number of amides is 1. The van der Waals surface area contributed by atoms with Crippen LogP contribution in [0.15, 0.2) is 24.3 Å². The normalized spacial score (nSPS) is 8.80. The summed E-state index contributed by atoms with van der Waals surface area (Å²) in [6.07, 6.45) is 0. The zero-order chi connectivity index (χ0) is 11.3. The summed E-state index contributed by atoms with van der Waals surface area (Å²) in [6, 6.07) is 8.84. The molecule has 0 spiro atoms. The van der Waals surface area contributed by atoms with Crippen molar-refractivity contribution in [3.05, 3.63) is 29.8 Å². The Morgan fingerprint density at radius 1 is 1.53 bits per heavy atom. The Morgan fingerprint density at radius 3 is 2.87 bits per heavy atom. The van der Waals surface area contributed by atoms with Crippen molar-refractivity contribution in [2.75, 3.05) is 5.32 Å². The molecule has 0 fully saturated rings. The number of nitrogens with zero attached hydrogens (tertiary/aromatic N) is 1. The number of thiocarbonyl (C=S) groups is 1. The highest BCUT2D eigenvalue weighted by atomic mass is 32.1. The molecule has 0 aliphatic heterocycles. The molecule has 5 heteroatoms. The van der Waals surface area contributed by atoms with Crippen LogP contribution in [0, 0.1) is 11.3 Å². The van der Waals surface area contributed by atoms with Crippen molar-refractivity contribution in [1.29, 1.82) is 5.26 Å². The smallest absolute Gasteiger partial charge is 0.222 e. The standard InChI is InChI=1S/C10H9N3OS/c1-7(14)12-10(15)13-9-4-2-3-8(5-9)6-11/h2-5H,1H3,(H2,12,13,14,15). The largest absolute Gasteiger partial charge is 0.332 e. The van der Waals surface area contributed by atoms with Crippen LogP contribution >= 0.6 is 12.2 Å². The zero-order valence-electron chi connectivity index (χ0n) is 8.07. The number of carbonyl (C=O) groups excluding carboxylic acids is 1. The van der Waals surface area contributed by atoms with Gasteiger partial charge >= 0.3 is 0 Å². The van der Waals surface area contributed by atoms with Gasteiger partial charge < -0.3 is 10.6 Å². The lowest BCUT2D eigenvalue weighted by atomic mass is 10.2. The quantitative estimate of drug-likeness (QED) is 0.700. The number of anilines is 1. The van der Waals surface area contributed by atoms with Gasteiger partial charge in [0.15, 0.2) is 5.11 Å². The fraction of sp³-hybridized carbons (Fsp3) is 0.100. The second-order valence-electron chi connectivity index (χ2n) is 2.83. The van der Waals surface area contributed by atoms with Gasteiger partial charge in [0.05, 0.1) is 11.6 Å². The number of nitriles is 1. The fourth-order valence-electron chi connectivity index (χ4n) is 0.989. The predicted molar refractivity (Wildman–Crippen MR) is 61.2 cm³/mol. The van der Waals surface area contributed by atoms with Crippen LogP contribution in [0.4, 0.5) is 5.69 Å². The van der Waals surface area contributed by atoms with E-state index in [1.54, 1.807) is 24.3 Å². The SMILES string of the molecule is CC(=O)NC(=S)Nc1cccc(C#N)c1. The summed E-state index contributed by atoms with van der Waals surface area (Å²) in [4.78, 5) is 10.7. The molecule has 1 rings (SSSR count). The molecule has 0 atom stereocenters. The number of carbonyl (C=O) groups is 1. The van der Waals surface area contributed by atoms with Crippen LogP contribution in [0.5, 0.6) is 0 Å². The molecule has 4 nitrogen and oxygen atoms in total. The summed E-state index contributed by atoms with van der Waals surface area (Å²) in [5.41, 5.74) is 1.21. The van der Waals surface area contributed by atoms with E-state index in [0.29, 0.717) is 11.3 Å². The van der Waals surface area contributed by atoms with Gasteiger partial charge in [0.1, 0.15) is 0 Å². The van der Waals surface area contributed by atoms with Crippen molar-refractivity contribution in [2.45, 2.75) is 6.92 Å². The zero-order valence-corrected chi connectivity index (χ0v) is 8.89. The van der Waals surface area contributed by atoms with Crippen molar-refractivity contribution in [1.82, 2.24) is 5.32 Å². The minimum atomic E-state index is -0.232. The lowest BCUT2D eigenvalue weighted by Gasteiger charge is -2.07. The van der Waals surface area contributed by atoms with Gasteiger partial charge in [-0.25, -0.2) is 0 Å². The third kappa shape index (κ3) is 3.75. The van der Waals surface area contributed by atoms with Crippen LogP contribution in [-0.4, -0.2) is 11.0 Å². The van der Waals surface area contributed by atoms with E-state index in [9.17, 15) is 4.79 Å². The molecule has 15 heavy (non-hydrogen) atoms. The molecular weight excluding hydrogens is 210 g/mol. The highest BCUT2D eigenvalue weighted by molar-refractivity contribution is 7.80. The molecule has 1 amide bonds. The molecule has 0 unspecified atom stereocenters. The summed E-state index contributed by atoms with van der Waals surface area (Å²) in [6.45, 7) is 1.37. The Kier molecular flexibility index (Phi) is 3.77. The average Bonchev–Trinajstić information content (AvgIpc) is 2.16. The molecule has 0 radical (unpaired) electrons. The van der Waals surface area contributed by atoms with E-state index in [1.165, 1.54) is 6.92 Å². The van der Waals surface area contributed by atoms with Gasteiger partial charge in [-0.3, -0.25) is 4.79 Å². The number of nitrogens with one attached hydrogen (secondary N) is 2. The van der Waals surface area contributed by atoms with Gasteiger partial charge in [0.2, 0.25) is 5.91 Å². The molecule has 0 saturated heterocycles. The van der Waals surface area contributed by atoms with Crippen LogP contribution in [-0.2, 0) is 4.79 Å². The molecule has 1 aromatic carbocycles. The number of benzene rings is 1. The highest BCUT2D eigenvalue weighted by Gasteiger charge is 1.99. The third-order valence-electron chi connectivity index (χ3n) is 1.54. The molecule has 0 aliphatic carbocycles. The molecular formula is C10H9N3OS. The van der Waals surface area contributed by atoms with Crippen molar-refractivity contribution in [2.24, 2.45) is 0 Å². The first kappa shape index (κ1) is 11.1. The van der Waals surface area contributed by atoms with E-state index in [2.05, 4.69) is 10.6 Å². The Labute approximate surface area is 92.9 Å². The van der Waals surface area contributed by atoms with E-state index in [4.69, 9.17) is 17.5 Å². The first-order chi connectivity index (χ1) is 7.11. The van der Waals surface area contributed by atoms with Crippen LogP contribution in [0.2, 0.25) is 0 Å². The number of hydrogen-bond acceptors (Lipinski definition) is 3. The van der Waals surface area contributed by atoms with Crippen molar-refractivity contribution >= 4 is 28.9 Å². The minimum absolute atomic E-state index is 0.220. The van der Waals surface area contributed by atoms with Crippen molar-refractivity contribution in [3.8, 4) is 6.07 Å². The van der Waals surface area contributed by atoms with Gasteiger partial charge in [0, 0.05) is 12.6 Å². The van der Waals surface area contributed by atoms with Crippen molar-refractivity contribution < 1.29 is 4.79 Å². The second kappa shape index (κ2) is 5.08. The van der Waals surface area contributed by atoms with Crippen LogP contribution in [0.25, 0.3) is 0 Å². The lowest BCUT2D eigenvalue weighted by Crippen LogP contribution is -2.32. The van der Waals surface area contributed by atoms with Gasteiger partial charge in [-0.05, 0) is 30.4 Å². The van der Waals surface area contributed by atoms with E-state index < -0.39 is 0 Å².